The lowest BCUT2D eigenvalue weighted by atomic mass is 9.89. The molecule has 1 amide bonds. The summed E-state index contributed by atoms with van der Waals surface area (Å²) < 4.78 is 14.6. The summed E-state index contributed by atoms with van der Waals surface area (Å²) in [7, 11) is 2.41. The lowest BCUT2D eigenvalue weighted by molar-refractivity contribution is -0.161. The number of methoxy groups -OCH3 is 2. The van der Waals surface area contributed by atoms with Crippen molar-refractivity contribution in [1.82, 2.24) is 4.90 Å². The smallest absolute Gasteiger partial charge is 0.410 e. The fourth-order valence-corrected chi connectivity index (χ4v) is 2.14. The van der Waals surface area contributed by atoms with Crippen LogP contribution in [0.15, 0.2) is 12.2 Å². The van der Waals surface area contributed by atoms with E-state index < -0.39 is 35.5 Å². The summed E-state index contributed by atoms with van der Waals surface area (Å²) in [5, 5.41) is 0. The SMILES string of the molecule is COC(=O)C(C(=O)OC)C1C=CCN(C(=O)OC(C)(C)C)C1. The molecule has 1 aliphatic heterocycles. The van der Waals surface area contributed by atoms with Crippen LogP contribution in [-0.2, 0) is 23.8 Å². The molecule has 0 spiro atoms. The van der Waals surface area contributed by atoms with Crippen molar-refractivity contribution in [3.8, 4) is 0 Å². The number of ether oxygens (including phenoxy) is 3. The minimum Gasteiger partial charge on any atom is -0.468 e. The molecule has 0 bridgehead atoms. The van der Waals surface area contributed by atoms with Crippen molar-refractivity contribution < 1.29 is 28.6 Å². The molecule has 0 radical (unpaired) electrons. The highest BCUT2D eigenvalue weighted by molar-refractivity contribution is 5.95. The van der Waals surface area contributed by atoms with Gasteiger partial charge in [-0.2, -0.15) is 0 Å². The minimum atomic E-state index is -1.10. The first kappa shape index (κ1) is 18.0. The van der Waals surface area contributed by atoms with E-state index in [-0.39, 0.29) is 6.54 Å². The third kappa shape index (κ3) is 4.75. The summed E-state index contributed by atoms with van der Waals surface area (Å²) in [4.78, 5) is 37.2. The Balaban J connectivity index is 2.86. The Hall–Kier alpha value is -2.05. The van der Waals surface area contributed by atoms with Crippen LogP contribution in [-0.4, -0.2) is 55.8 Å². The van der Waals surface area contributed by atoms with Gasteiger partial charge in [-0.15, -0.1) is 0 Å². The van der Waals surface area contributed by atoms with Gasteiger partial charge >= 0.3 is 18.0 Å². The normalized spacial score (nSPS) is 18.1. The van der Waals surface area contributed by atoms with Crippen molar-refractivity contribution in [2.24, 2.45) is 11.8 Å². The molecule has 1 rings (SSSR count). The fraction of sp³-hybridized carbons (Fsp3) is 0.667. The quantitative estimate of drug-likeness (QED) is 0.339. The maximum absolute atomic E-state index is 12.1. The highest BCUT2D eigenvalue weighted by Gasteiger charge is 2.38. The van der Waals surface area contributed by atoms with Crippen LogP contribution in [0.25, 0.3) is 0 Å². The van der Waals surface area contributed by atoms with Gasteiger partial charge in [0.05, 0.1) is 14.2 Å². The molecular weight excluding hydrogens is 290 g/mol. The van der Waals surface area contributed by atoms with Gasteiger partial charge in [0.1, 0.15) is 5.60 Å². The third-order valence-electron chi connectivity index (χ3n) is 3.13. The van der Waals surface area contributed by atoms with Gasteiger partial charge in [-0.1, -0.05) is 12.2 Å². The van der Waals surface area contributed by atoms with Crippen LogP contribution >= 0.6 is 0 Å². The summed E-state index contributed by atoms with van der Waals surface area (Å²) in [6, 6.07) is 0. The van der Waals surface area contributed by atoms with Gasteiger partial charge in [-0.3, -0.25) is 9.59 Å². The molecule has 0 saturated heterocycles. The number of hydrogen-bond donors (Lipinski definition) is 0. The van der Waals surface area contributed by atoms with Crippen molar-refractivity contribution in [1.29, 1.82) is 0 Å². The Bertz CT molecular complexity index is 449. The lowest BCUT2D eigenvalue weighted by Crippen LogP contribution is -2.45. The number of carbonyl (C=O) groups is 3. The molecule has 0 fully saturated rings. The van der Waals surface area contributed by atoms with Crippen LogP contribution in [0.1, 0.15) is 20.8 Å². The van der Waals surface area contributed by atoms with Crippen LogP contribution in [0.2, 0.25) is 0 Å². The molecule has 0 N–H and O–H groups in total. The van der Waals surface area contributed by atoms with Crippen LogP contribution in [0.4, 0.5) is 4.79 Å². The molecule has 22 heavy (non-hydrogen) atoms. The zero-order chi connectivity index (χ0) is 16.9. The number of carbonyl (C=O) groups excluding carboxylic acids is 3. The highest BCUT2D eigenvalue weighted by Crippen LogP contribution is 2.23. The maximum Gasteiger partial charge on any atom is 0.410 e. The molecule has 0 saturated carbocycles. The largest absolute Gasteiger partial charge is 0.468 e. The first-order valence-electron chi connectivity index (χ1n) is 7.00. The Morgan fingerprint density at radius 2 is 1.68 bits per heavy atom. The predicted octanol–water partition coefficient (Wildman–Crippen LogP) is 1.37. The van der Waals surface area contributed by atoms with Gasteiger partial charge in [0.25, 0.3) is 0 Å². The van der Waals surface area contributed by atoms with E-state index in [2.05, 4.69) is 9.47 Å². The molecule has 1 unspecified atom stereocenters. The molecule has 1 aliphatic rings. The summed E-state index contributed by atoms with van der Waals surface area (Å²) in [6.07, 6.45) is 2.95. The van der Waals surface area contributed by atoms with E-state index in [1.54, 1.807) is 32.9 Å². The molecule has 0 aromatic rings. The average molecular weight is 313 g/mol. The van der Waals surface area contributed by atoms with Crippen LogP contribution in [0.3, 0.4) is 0 Å². The van der Waals surface area contributed by atoms with Crippen molar-refractivity contribution >= 4 is 18.0 Å². The van der Waals surface area contributed by atoms with E-state index in [1.165, 1.54) is 19.1 Å². The molecular formula is C15H23NO6. The lowest BCUT2D eigenvalue weighted by Gasteiger charge is -2.32. The van der Waals surface area contributed by atoms with E-state index in [0.29, 0.717) is 6.54 Å². The predicted molar refractivity (Wildman–Crippen MR) is 78.0 cm³/mol. The summed E-state index contributed by atoms with van der Waals surface area (Å²) in [5.74, 6) is -2.99. The van der Waals surface area contributed by atoms with Gasteiger partial charge < -0.3 is 19.1 Å². The number of nitrogens with zero attached hydrogens (tertiary/aromatic N) is 1. The molecule has 124 valence electrons. The monoisotopic (exact) mass is 313 g/mol. The molecule has 0 aromatic heterocycles. The van der Waals surface area contributed by atoms with Crippen LogP contribution in [0.5, 0.6) is 0 Å². The Labute approximate surface area is 130 Å². The second kappa shape index (κ2) is 7.29. The van der Waals surface area contributed by atoms with E-state index in [0.717, 1.165) is 0 Å². The van der Waals surface area contributed by atoms with E-state index in [1.807, 2.05) is 0 Å². The van der Waals surface area contributed by atoms with E-state index in [9.17, 15) is 14.4 Å². The topological polar surface area (TPSA) is 82.1 Å². The molecule has 7 nitrogen and oxygen atoms in total. The summed E-state index contributed by atoms with van der Waals surface area (Å²) in [6.45, 7) is 5.86. The fourth-order valence-electron chi connectivity index (χ4n) is 2.14. The third-order valence-corrected chi connectivity index (χ3v) is 3.13. The first-order chi connectivity index (χ1) is 10.2. The second-order valence-corrected chi connectivity index (χ2v) is 6.00. The standard InChI is InChI=1S/C15H23NO6/c1-15(2,3)22-14(19)16-8-6-7-10(9-16)11(12(17)20-4)13(18)21-5/h6-7,10-11H,8-9H2,1-5H3. The van der Waals surface area contributed by atoms with E-state index >= 15 is 0 Å². The first-order valence-corrected chi connectivity index (χ1v) is 7.00. The zero-order valence-electron chi connectivity index (χ0n) is 13.6. The van der Waals surface area contributed by atoms with Crippen molar-refractivity contribution in [3.05, 3.63) is 12.2 Å². The van der Waals surface area contributed by atoms with Gasteiger partial charge in [0, 0.05) is 19.0 Å². The minimum absolute atomic E-state index is 0.181. The summed E-state index contributed by atoms with van der Waals surface area (Å²) >= 11 is 0. The van der Waals surface area contributed by atoms with Gasteiger partial charge in [0.15, 0.2) is 5.92 Å². The Kier molecular flexibility index (Phi) is 5.96. The second-order valence-electron chi connectivity index (χ2n) is 6.00. The summed E-state index contributed by atoms with van der Waals surface area (Å²) in [5.41, 5.74) is -0.613. The van der Waals surface area contributed by atoms with E-state index in [4.69, 9.17) is 4.74 Å². The molecule has 0 aliphatic carbocycles. The number of amides is 1. The molecule has 7 heteroatoms. The Morgan fingerprint density at radius 3 is 2.14 bits per heavy atom. The molecule has 1 atom stereocenters. The number of rotatable bonds is 3. The molecule has 0 aromatic carbocycles. The highest BCUT2D eigenvalue weighted by atomic mass is 16.6. The van der Waals surface area contributed by atoms with Crippen molar-refractivity contribution in [2.45, 2.75) is 26.4 Å². The maximum atomic E-state index is 12.1. The number of hydrogen-bond acceptors (Lipinski definition) is 6. The van der Waals surface area contributed by atoms with Gasteiger partial charge in [-0.25, -0.2) is 4.79 Å². The molecule has 1 heterocycles. The van der Waals surface area contributed by atoms with Gasteiger partial charge in [0.2, 0.25) is 0 Å². The Morgan fingerprint density at radius 1 is 1.14 bits per heavy atom. The van der Waals surface area contributed by atoms with Crippen LogP contribution < -0.4 is 0 Å². The average Bonchev–Trinajstić information content (AvgIpc) is 2.45. The van der Waals surface area contributed by atoms with Gasteiger partial charge in [-0.05, 0) is 20.8 Å². The van der Waals surface area contributed by atoms with Crippen LogP contribution in [0, 0.1) is 11.8 Å². The zero-order valence-corrected chi connectivity index (χ0v) is 13.6. The number of esters is 2. The van der Waals surface area contributed by atoms with Crippen molar-refractivity contribution in [3.63, 3.8) is 0 Å². The van der Waals surface area contributed by atoms with Crippen molar-refractivity contribution in [2.75, 3.05) is 27.3 Å².